The summed E-state index contributed by atoms with van der Waals surface area (Å²) in [7, 11) is 1.43. The van der Waals surface area contributed by atoms with E-state index in [1.54, 1.807) is 0 Å². The number of hydrogen-bond donors (Lipinski definition) is 0. The second-order valence-corrected chi connectivity index (χ2v) is 5.18. The van der Waals surface area contributed by atoms with Crippen LogP contribution in [0, 0.1) is 6.92 Å². The lowest BCUT2D eigenvalue weighted by Crippen LogP contribution is -2.30. The summed E-state index contributed by atoms with van der Waals surface area (Å²) in [5.41, 5.74) is 1.60. The summed E-state index contributed by atoms with van der Waals surface area (Å²) in [6, 6.07) is 12.4. The molecule has 0 heterocycles. The van der Waals surface area contributed by atoms with E-state index in [2.05, 4.69) is 37.3 Å². The summed E-state index contributed by atoms with van der Waals surface area (Å²) in [5.74, 6) is -0.214. The normalized spacial score (nSPS) is 11.6. The Labute approximate surface area is 108 Å². The summed E-state index contributed by atoms with van der Waals surface area (Å²) in [5, 5.41) is 2.34. The molecule has 94 valence electrons. The van der Waals surface area contributed by atoms with Gasteiger partial charge in [0.05, 0.1) is 12.5 Å². The lowest BCUT2D eigenvalue weighted by atomic mass is 9.83. The molecule has 0 aromatic heterocycles. The molecule has 0 aliphatic heterocycles. The van der Waals surface area contributed by atoms with E-state index >= 15 is 0 Å². The molecule has 0 saturated heterocycles. The van der Waals surface area contributed by atoms with Crippen molar-refractivity contribution in [3.8, 4) is 0 Å². The van der Waals surface area contributed by atoms with Crippen LogP contribution in [0.1, 0.15) is 25.0 Å². The molecule has 2 rings (SSSR count). The van der Waals surface area contributed by atoms with E-state index in [0.29, 0.717) is 0 Å². The molecular weight excluding hydrogens is 224 g/mol. The van der Waals surface area contributed by atoms with Gasteiger partial charge in [-0.25, -0.2) is 0 Å². The Morgan fingerprint density at radius 1 is 1.06 bits per heavy atom. The fourth-order valence-corrected chi connectivity index (χ4v) is 2.13. The molecule has 2 aromatic carbocycles. The summed E-state index contributed by atoms with van der Waals surface area (Å²) in [6.45, 7) is 5.84. The number of hydrogen-bond acceptors (Lipinski definition) is 2. The van der Waals surface area contributed by atoms with Crippen LogP contribution in [0.25, 0.3) is 10.8 Å². The van der Waals surface area contributed by atoms with E-state index in [1.165, 1.54) is 18.1 Å². The van der Waals surface area contributed by atoms with Gasteiger partial charge in [-0.3, -0.25) is 4.79 Å². The number of carbonyl (C=O) groups excluding carboxylic acids is 1. The number of ether oxygens (including phenoxy) is 1. The first-order chi connectivity index (χ1) is 8.45. The number of methoxy groups -OCH3 is 1. The van der Waals surface area contributed by atoms with Crippen LogP contribution in [0.4, 0.5) is 0 Å². The van der Waals surface area contributed by atoms with Crippen molar-refractivity contribution in [2.24, 2.45) is 0 Å². The molecule has 0 amide bonds. The number of benzene rings is 2. The quantitative estimate of drug-likeness (QED) is 0.752. The third-order valence-corrected chi connectivity index (χ3v) is 3.41. The average Bonchev–Trinajstić information content (AvgIpc) is 2.36. The van der Waals surface area contributed by atoms with Gasteiger partial charge in [0.15, 0.2) is 0 Å². The van der Waals surface area contributed by atoms with Crippen molar-refractivity contribution in [3.63, 3.8) is 0 Å². The molecule has 18 heavy (non-hydrogen) atoms. The molecule has 0 radical (unpaired) electrons. The van der Waals surface area contributed by atoms with E-state index < -0.39 is 5.41 Å². The first-order valence-corrected chi connectivity index (χ1v) is 6.04. The number of carbonyl (C=O) groups is 1. The minimum atomic E-state index is -0.617. The summed E-state index contributed by atoms with van der Waals surface area (Å²) in [4.78, 5) is 11.8. The molecule has 0 saturated carbocycles. The molecule has 0 fully saturated rings. The molecule has 0 bridgehead atoms. The molecule has 0 N–H and O–H groups in total. The zero-order chi connectivity index (χ0) is 13.3. The highest BCUT2D eigenvalue weighted by atomic mass is 16.5. The SMILES string of the molecule is COC(=O)C(C)(C)c1ccc2cc(C)ccc2c1. The standard InChI is InChI=1S/C16H18O2/c1-11-5-6-13-10-14(8-7-12(13)9-11)16(2,3)15(17)18-4/h5-10H,1-4H3. The Kier molecular flexibility index (Phi) is 3.12. The third kappa shape index (κ3) is 2.10. The van der Waals surface area contributed by atoms with Crippen molar-refractivity contribution >= 4 is 16.7 Å². The van der Waals surface area contributed by atoms with Crippen LogP contribution in [-0.4, -0.2) is 13.1 Å². The van der Waals surface area contributed by atoms with Gasteiger partial charge in [0.25, 0.3) is 0 Å². The minimum absolute atomic E-state index is 0.214. The Morgan fingerprint density at radius 2 is 1.67 bits per heavy atom. The van der Waals surface area contributed by atoms with Gasteiger partial charge in [-0.1, -0.05) is 42.0 Å². The van der Waals surface area contributed by atoms with Crippen molar-refractivity contribution in [1.29, 1.82) is 0 Å². The van der Waals surface area contributed by atoms with Crippen molar-refractivity contribution in [2.75, 3.05) is 7.11 Å². The molecule has 0 aliphatic rings. The lowest BCUT2D eigenvalue weighted by Gasteiger charge is -2.22. The van der Waals surface area contributed by atoms with Crippen molar-refractivity contribution in [2.45, 2.75) is 26.2 Å². The number of esters is 1. The summed E-state index contributed by atoms with van der Waals surface area (Å²) in [6.07, 6.45) is 0. The monoisotopic (exact) mass is 242 g/mol. The largest absolute Gasteiger partial charge is 0.468 e. The van der Waals surface area contributed by atoms with Crippen LogP contribution in [0.2, 0.25) is 0 Å². The van der Waals surface area contributed by atoms with Gasteiger partial charge in [-0.05, 0) is 37.1 Å². The van der Waals surface area contributed by atoms with E-state index in [9.17, 15) is 4.79 Å². The van der Waals surface area contributed by atoms with Gasteiger partial charge < -0.3 is 4.74 Å². The van der Waals surface area contributed by atoms with Crippen LogP contribution < -0.4 is 0 Å². The lowest BCUT2D eigenvalue weighted by molar-refractivity contribution is -0.146. The van der Waals surface area contributed by atoms with Crippen molar-refractivity contribution in [3.05, 3.63) is 47.5 Å². The second-order valence-electron chi connectivity index (χ2n) is 5.18. The molecule has 0 atom stereocenters. The van der Waals surface area contributed by atoms with Gasteiger partial charge >= 0.3 is 5.97 Å². The fourth-order valence-electron chi connectivity index (χ4n) is 2.13. The van der Waals surface area contributed by atoms with E-state index in [0.717, 1.165) is 10.9 Å². The minimum Gasteiger partial charge on any atom is -0.468 e. The number of fused-ring (bicyclic) bond motifs is 1. The Bertz CT molecular complexity index is 597. The predicted octanol–water partition coefficient (Wildman–Crippen LogP) is 3.60. The fraction of sp³-hybridized carbons (Fsp3) is 0.312. The third-order valence-electron chi connectivity index (χ3n) is 3.41. The summed E-state index contributed by atoms with van der Waals surface area (Å²) < 4.78 is 4.86. The summed E-state index contributed by atoms with van der Waals surface area (Å²) >= 11 is 0. The van der Waals surface area contributed by atoms with Crippen LogP contribution in [0.15, 0.2) is 36.4 Å². The van der Waals surface area contributed by atoms with Crippen LogP contribution >= 0.6 is 0 Å². The van der Waals surface area contributed by atoms with Crippen molar-refractivity contribution in [1.82, 2.24) is 0 Å². The van der Waals surface area contributed by atoms with E-state index in [4.69, 9.17) is 4.74 Å². The number of rotatable bonds is 2. The van der Waals surface area contributed by atoms with E-state index in [-0.39, 0.29) is 5.97 Å². The highest BCUT2D eigenvalue weighted by Gasteiger charge is 2.30. The zero-order valence-electron chi connectivity index (χ0n) is 11.3. The number of aryl methyl sites for hydroxylation is 1. The van der Waals surface area contributed by atoms with Crippen molar-refractivity contribution < 1.29 is 9.53 Å². The topological polar surface area (TPSA) is 26.3 Å². The Morgan fingerprint density at radius 3 is 2.33 bits per heavy atom. The molecule has 2 nitrogen and oxygen atoms in total. The Hall–Kier alpha value is -1.83. The molecular formula is C16H18O2. The predicted molar refractivity (Wildman–Crippen MR) is 73.7 cm³/mol. The molecule has 0 unspecified atom stereocenters. The zero-order valence-corrected chi connectivity index (χ0v) is 11.3. The highest BCUT2D eigenvalue weighted by Crippen LogP contribution is 2.28. The molecule has 2 heteroatoms. The van der Waals surface area contributed by atoms with Crippen LogP contribution in [-0.2, 0) is 14.9 Å². The maximum Gasteiger partial charge on any atom is 0.315 e. The Balaban J connectivity index is 2.54. The molecule has 0 aliphatic carbocycles. The first-order valence-electron chi connectivity index (χ1n) is 6.04. The van der Waals surface area contributed by atoms with Crippen LogP contribution in [0.5, 0.6) is 0 Å². The van der Waals surface area contributed by atoms with Gasteiger partial charge in [0, 0.05) is 0 Å². The van der Waals surface area contributed by atoms with Gasteiger partial charge in [-0.2, -0.15) is 0 Å². The van der Waals surface area contributed by atoms with Gasteiger partial charge in [-0.15, -0.1) is 0 Å². The molecule has 0 spiro atoms. The highest BCUT2D eigenvalue weighted by molar-refractivity contribution is 5.88. The average molecular weight is 242 g/mol. The maximum absolute atomic E-state index is 11.8. The second kappa shape index (κ2) is 4.45. The van der Waals surface area contributed by atoms with E-state index in [1.807, 2.05) is 19.9 Å². The molecule has 2 aromatic rings. The van der Waals surface area contributed by atoms with Crippen LogP contribution in [0.3, 0.4) is 0 Å². The van der Waals surface area contributed by atoms with Gasteiger partial charge in [0.2, 0.25) is 0 Å². The smallest absolute Gasteiger partial charge is 0.315 e. The van der Waals surface area contributed by atoms with Gasteiger partial charge in [0.1, 0.15) is 0 Å². The first kappa shape index (κ1) is 12.6. The maximum atomic E-state index is 11.8.